The smallest absolute Gasteiger partial charge is 0.155 e. The predicted octanol–water partition coefficient (Wildman–Crippen LogP) is 4.03. The zero-order valence-corrected chi connectivity index (χ0v) is 9.57. The van der Waals surface area contributed by atoms with Crippen LogP contribution in [0.1, 0.15) is 65.2 Å². The number of ketones is 1. The molecule has 0 amide bonds. The zero-order valence-electron chi connectivity index (χ0n) is 9.57. The predicted molar refractivity (Wildman–Crippen MR) is 60.3 cm³/mol. The fourth-order valence-electron chi connectivity index (χ4n) is 2.27. The van der Waals surface area contributed by atoms with Gasteiger partial charge in [-0.05, 0) is 44.6 Å². The summed E-state index contributed by atoms with van der Waals surface area (Å²) in [7, 11) is 0. The molecule has 0 radical (unpaired) electrons. The normalized spacial score (nSPS) is 16.4. The van der Waals surface area contributed by atoms with Gasteiger partial charge in [0.05, 0.1) is 0 Å². The van der Waals surface area contributed by atoms with E-state index in [9.17, 15) is 4.79 Å². The molecule has 0 aromatic heterocycles. The van der Waals surface area contributed by atoms with Gasteiger partial charge in [0, 0.05) is 0 Å². The first-order valence-electron chi connectivity index (χ1n) is 5.97. The molecule has 1 heteroatoms. The fourth-order valence-corrected chi connectivity index (χ4v) is 2.27. The Balaban J connectivity index is 2.34. The molecule has 0 aromatic rings. The van der Waals surface area contributed by atoms with Crippen LogP contribution < -0.4 is 0 Å². The highest BCUT2D eigenvalue weighted by Crippen LogP contribution is 2.30. The van der Waals surface area contributed by atoms with Crippen molar-refractivity contribution in [3.63, 3.8) is 0 Å². The van der Waals surface area contributed by atoms with Crippen LogP contribution in [0.4, 0.5) is 0 Å². The molecule has 0 atom stereocenters. The van der Waals surface area contributed by atoms with E-state index < -0.39 is 0 Å². The van der Waals surface area contributed by atoms with Crippen LogP contribution in [-0.4, -0.2) is 5.78 Å². The van der Waals surface area contributed by atoms with Crippen molar-refractivity contribution >= 4 is 5.78 Å². The number of hydrogen-bond acceptors (Lipinski definition) is 1. The Labute approximate surface area is 87.6 Å². The molecule has 1 aliphatic rings. The first kappa shape index (κ1) is 11.5. The number of hydrogen-bond donors (Lipinski definition) is 0. The van der Waals surface area contributed by atoms with Crippen LogP contribution in [0.5, 0.6) is 0 Å². The van der Waals surface area contributed by atoms with Crippen molar-refractivity contribution in [3.05, 3.63) is 11.1 Å². The summed E-state index contributed by atoms with van der Waals surface area (Å²) < 4.78 is 0. The highest BCUT2D eigenvalue weighted by Gasteiger charge is 2.16. The van der Waals surface area contributed by atoms with Crippen molar-refractivity contribution in [2.45, 2.75) is 65.2 Å². The molecule has 0 spiro atoms. The van der Waals surface area contributed by atoms with Crippen LogP contribution in [0, 0.1) is 0 Å². The van der Waals surface area contributed by atoms with Gasteiger partial charge in [-0.1, -0.05) is 31.8 Å². The first-order valence-corrected chi connectivity index (χ1v) is 5.97. The molecule has 0 bridgehead atoms. The molecule has 14 heavy (non-hydrogen) atoms. The average molecular weight is 194 g/mol. The van der Waals surface area contributed by atoms with Crippen molar-refractivity contribution in [3.8, 4) is 0 Å². The quantitative estimate of drug-likeness (QED) is 0.583. The third-order valence-electron chi connectivity index (χ3n) is 3.09. The van der Waals surface area contributed by atoms with Gasteiger partial charge in [0.1, 0.15) is 0 Å². The van der Waals surface area contributed by atoms with E-state index in [0.717, 1.165) is 12.0 Å². The van der Waals surface area contributed by atoms with Crippen LogP contribution in [0.15, 0.2) is 11.1 Å². The molecule has 0 aliphatic heterocycles. The highest BCUT2D eigenvalue weighted by atomic mass is 16.1. The SMILES string of the molecule is CCCCCCC1=C(C(C)=O)CCC1. The van der Waals surface area contributed by atoms with Gasteiger partial charge in [-0.3, -0.25) is 4.79 Å². The maximum Gasteiger partial charge on any atom is 0.155 e. The average Bonchev–Trinajstić information content (AvgIpc) is 2.60. The van der Waals surface area contributed by atoms with E-state index in [1.807, 2.05) is 0 Å². The molecule has 0 unspecified atom stereocenters. The van der Waals surface area contributed by atoms with Crippen LogP contribution in [-0.2, 0) is 4.79 Å². The van der Waals surface area contributed by atoms with Gasteiger partial charge in [-0.2, -0.15) is 0 Å². The lowest BCUT2D eigenvalue weighted by Gasteiger charge is -2.04. The lowest BCUT2D eigenvalue weighted by atomic mass is 10.0. The zero-order chi connectivity index (χ0) is 10.4. The Morgan fingerprint density at radius 1 is 1.21 bits per heavy atom. The van der Waals surface area contributed by atoms with Gasteiger partial charge in [0.25, 0.3) is 0 Å². The van der Waals surface area contributed by atoms with Crippen molar-refractivity contribution in [2.75, 3.05) is 0 Å². The minimum absolute atomic E-state index is 0.313. The van der Waals surface area contributed by atoms with E-state index in [1.54, 1.807) is 6.92 Å². The Hall–Kier alpha value is -0.590. The lowest BCUT2D eigenvalue weighted by Crippen LogP contribution is -1.96. The minimum Gasteiger partial charge on any atom is -0.295 e. The third-order valence-corrected chi connectivity index (χ3v) is 3.09. The van der Waals surface area contributed by atoms with Gasteiger partial charge < -0.3 is 0 Å². The first-order chi connectivity index (χ1) is 6.75. The maximum atomic E-state index is 11.3. The van der Waals surface area contributed by atoms with E-state index in [0.29, 0.717) is 5.78 Å². The molecule has 0 fully saturated rings. The molecule has 0 saturated heterocycles. The Bertz CT molecular complexity index is 225. The summed E-state index contributed by atoms with van der Waals surface area (Å²) in [4.78, 5) is 11.3. The minimum atomic E-state index is 0.313. The van der Waals surface area contributed by atoms with Crippen LogP contribution in [0.2, 0.25) is 0 Å². The second-order valence-corrected chi connectivity index (χ2v) is 4.30. The van der Waals surface area contributed by atoms with Crippen LogP contribution in [0.25, 0.3) is 0 Å². The summed E-state index contributed by atoms with van der Waals surface area (Å²) >= 11 is 0. The lowest BCUT2D eigenvalue weighted by molar-refractivity contribution is -0.113. The van der Waals surface area contributed by atoms with Crippen LogP contribution >= 0.6 is 0 Å². The summed E-state index contributed by atoms with van der Waals surface area (Å²) in [5.41, 5.74) is 2.62. The number of Topliss-reactive ketones (excluding diaryl/α,β-unsaturated/α-hetero) is 1. The molecular weight excluding hydrogens is 172 g/mol. The molecule has 0 saturated carbocycles. The number of rotatable bonds is 6. The largest absolute Gasteiger partial charge is 0.295 e. The van der Waals surface area contributed by atoms with E-state index in [2.05, 4.69) is 6.92 Å². The number of carbonyl (C=O) groups is 1. The summed E-state index contributed by atoms with van der Waals surface area (Å²) in [6, 6.07) is 0. The topological polar surface area (TPSA) is 17.1 Å². The second-order valence-electron chi connectivity index (χ2n) is 4.30. The van der Waals surface area contributed by atoms with E-state index in [4.69, 9.17) is 0 Å². The Morgan fingerprint density at radius 3 is 2.64 bits per heavy atom. The van der Waals surface area contributed by atoms with E-state index in [1.165, 1.54) is 50.5 Å². The molecule has 80 valence electrons. The summed E-state index contributed by atoms with van der Waals surface area (Å²) in [5, 5.41) is 0. The van der Waals surface area contributed by atoms with Crippen molar-refractivity contribution in [1.82, 2.24) is 0 Å². The van der Waals surface area contributed by atoms with E-state index in [-0.39, 0.29) is 0 Å². The Kier molecular flexibility index (Phi) is 4.92. The van der Waals surface area contributed by atoms with Gasteiger partial charge in [-0.15, -0.1) is 0 Å². The number of carbonyl (C=O) groups excluding carboxylic acids is 1. The Morgan fingerprint density at radius 2 is 2.00 bits per heavy atom. The molecule has 1 aliphatic carbocycles. The summed E-state index contributed by atoms with van der Waals surface area (Å²) in [6.45, 7) is 3.95. The molecule has 1 rings (SSSR count). The number of unbranched alkanes of at least 4 members (excludes halogenated alkanes) is 3. The van der Waals surface area contributed by atoms with E-state index >= 15 is 0 Å². The van der Waals surface area contributed by atoms with Crippen LogP contribution in [0.3, 0.4) is 0 Å². The molecule has 0 heterocycles. The standard InChI is InChI=1S/C13H22O/c1-3-4-5-6-8-12-9-7-10-13(12)11(2)14/h3-10H2,1-2H3. The molecule has 0 aromatic carbocycles. The molecule has 1 nitrogen and oxygen atoms in total. The second kappa shape index (κ2) is 6.00. The van der Waals surface area contributed by atoms with Crippen molar-refractivity contribution in [1.29, 1.82) is 0 Å². The summed E-state index contributed by atoms with van der Waals surface area (Å²) in [5.74, 6) is 0.313. The van der Waals surface area contributed by atoms with Gasteiger partial charge in [-0.25, -0.2) is 0 Å². The third kappa shape index (κ3) is 3.28. The molecular formula is C13H22O. The van der Waals surface area contributed by atoms with Gasteiger partial charge in [0.15, 0.2) is 5.78 Å². The molecule has 0 N–H and O–H groups in total. The van der Waals surface area contributed by atoms with Crippen molar-refractivity contribution < 1.29 is 4.79 Å². The van der Waals surface area contributed by atoms with Gasteiger partial charge in [0.2, 0.25) is 0 Å². The highest BCUT2D eigenvalue weighted by molar-refractivity contribution is 5.94. The summed E-state index contributed by atoms with van der Waals surface area (Å²) in [6.07, 6.45) is 9.83. The monoisotopic (exact) mass is 194 g/mol. The van der Waals surface area contributed by atoms with Gasteiger partial charge >= 0.3 is 0 Å². The maximum absolute atomic E-state index is 11.3. The van der Waals surface area contributed by atoms with Crippen molar-refractivity contribution in [2.24, 2.45) is 0 Å². The fraction of sp³-hybridized carbons (Fsp3) is 0.769. The number of allylic oxidation sites excluding steroid dienone is 2.